The Kier molecular flexibility index (Phi) is 68.1. The lowest BCUT2D eigenvalue weighted by atomic mass is 10.00. The quantitative estimate of drug-likeness (QED) is 0.0222. The number of aliphatic hydroxyl groups excluding tert-OH is 1. The maximum Gasteiger partial charge on any atom is 0.472 e. The van der Waals surface area contributed by atoms with Crippen molar-refractivity contribution < 1.29 is 80.2 Å². The van der Waals surface area contributed by atoms with Crippen molar-refractivity contribution in [2.75, 3.05) is 39.6 Å². The lowest BCUT2D eigenvalue weighted by Crippen LogP contribution is -2.30. The lowest BCUT2D eigenvalue weighted by molar-refractivity contribution is -0.161. The second kappa shape index (κ2) is 69.4. The SMILES string of the molecule is CCCCCCCCCCCCC(=O)OC[C@H](COP(=O)(O)OC[C@H](O)COP(=O)(O)OC[C@@H](COC(=O)CCCCCCCCCCCCCCCCC(C)C)OC(=O)CCCCCCCCCCCCCCCCCCCCC(C)C)OC(=O)CCCCCCCCC(C)CC. The van der Waals surface area contributed by atoms with Gasteiger partial charge < -0.3 is 33.8 Å². The molecular formula is C79H154O17P2. The average Bonchev–Trinajstić information content (AvgIpc) is 1.13. The first-order valence-electron chi connectivity index (χ1n) is 40.9. The van der Waals surface area contributed by atoms with Crippen LogP contribution in [0.5, 0.6) is 0 Å². The van der Waals surface area contributed by atoms with E-state index in [0.717, 1.165) is 108 Å². The number of ether oxygens (including phenoxy) is 4. The summed E-state index contributed by atoms with van der Waals surface area (Å²) in [5, 5.41) is 10.6. The maximum absolute atomic E-state index is 13.1. The highest BCUT2D eigenvalue weighted by Crippen LogP contribution is 2.45. The van der Waals surface area contributed by atoms with Crippen LogP contribution in [0, 0.1) is 17.8 Å². The third-order valence-corrected chi connectivity index (χ3v) is 20.6. The van der Waals surface area contributed by atoms with Gasteiger partial charge in [0.1, 0.15) is 19.3 Å². The lowest BCUT2D eigenvalue weighted by Gasteiger charge is -2.21. The van der Waals surface area contributed by atoms with Crippen LogP contribution in [0.1, 0.15) is 408 Å². The summed E-state index contributed by atoms with van der Waals surface area (Å²) in [5.74, 6) is 0.223. The summed E-state index contributed by atoms with van der Waals surface area (Å²) in [4.78, 5) is 72.8. The van der Waals surface area contributed by atoms with Gasteiger partial charge in [-0.2, -0.15) is 0 Å². The molecule has 0 aromatic heterocycles. The zero-order valence-electron chi connectivity index (χ0n) is 64.3. The molecule has 0 amide bonds. The van der Waals surface area contributed by atoms with Gasteiger partial charge in [0.15, 0.2) is 12.2 Å². The molecule has 0 fully saturated rings. The minimum absolute atomic E-state index is 0.103. The van der Waals surface area contributed by atoms with E-state index in [1.807, 2.05) is 0 Å². The van der Waals surface area contributed by atoms with Crippen LogP contribution in [0.25, 0.3) is 0 Å². The zero-order chi connectivity index (χ0) is 72.3. The Morgan fingerprint density at radius 1 is 0.296 bits per heavy atom. The van der Waals surface area contributed by atoms with Gasteiger partial charge in [0, 0.05) is 25.7 Å². The molecule has 98 heavy (non-hydrogen) atoms. The monoisotopic (exact) mass is 1440 g/mol. The first kappa shape index (κ1) is 96.1. The number of carbonyl (C=O) groups is 4. The van der Waals surface area contributed by atoms with E-state index in [1.165, 1.54) is 218 Å². The van der Waals surface area contributed by atoms with Crippen LogP contribution < -0.4 is 0 Å². The van der Waals surface area contributed by atoms with Crippen molar-refractivity contribution in [1.29, 1.82) is 0 Å². The Bertz CT molecular complexity index is 1910. The highest BCUT2D eigenvalue weighted by molar-refractivity contribution is 7.47. The molecule has 0 saturated heterocycles. The van der Waals surface area contributed by atoms with Crippen molar-refractivity contribution in [2.24, 2.45) is 17.8 Å². The van der Waals surface area contributed by atoms with Crippen molar-refractivity contribution in [1.82, 2.24) is 0 Å². The van der Waals surface area contributed by atoms with E-state index in [2.05, 4.69) is 48.5 Å². The summed E-state index contributed by atoms with van der Waals surface area (Å²) in [6.45, 7) is 11.9. The zero-order valence-corrected chi connectivity index (χ0v) is 66.0. The highest BCUT2D eigenvalue weighted by Gasteiger charge is 2.30. The second-order valence-corrected chi connectivity index (χ2v) is 32.6. The van der Waals surface area contributed by atoms with Gasteiger partial charge in [-0.15, -0.1) is 0 Å². The topological polar surface area (TPSA) is 237 Å². The summed E-state index contributed by atoms with van der Waals surface area (Å²) < 4.78 is 68.6. The van der Waals surface area contributed by atoms with Gasteiger partial charge in [-0.05, 0) is 43.4 Å². The van der Waals surface area contributed by atoms with Crippen LogP contribution in [0.4, 0.5) is 0 Å². The molecule has 17 nitrogen and oxygen atoms in total. The van der Waals surface area contributed by atoms with Gasteiger partial charge in [0.05, 0.1) is 26.4 Å². The molecule has 3 N–H and O–H groups in total. The fourth-order valence-electron chi connectivity index (χ4n) is 12.1. The Morgan fingerprint density at radius 3 is 0.776 bits per heavy atom. The number of phosphoric ester groups is 2. The minimum atomic E-state index is -4.96. The standard InChI is InChI=1S/C79H154O17P2/c1-8-10-11-12-13-14-33-38-46-53-60-76(81)90-67-75(96-79(84)63-56-49-42-41-45-52-59-72(7)9-2)69-94-98(87,88)92-65-73(80)64-91-97(85,86)93-68-74(66-89-77(82)61-54-47-39-34-29-25-22-21-24-28-32-37-44-51-58-71(5)6)95-78(83)62-55-48-40-35-30-26-20-18-16-15-17-19-23-27-31-36-43-50-57-70(3)4/h70-75,80H,8-69H2,1-7H3,(H,85,86)(H,87,88)/t72?,73-,74-,75-/m1/s1. The number of esters is 4. The molecule has 0 saturated carbocycles. The van der Waals surface area contributed by atoms with Crippen molar-refractivity contribution >= 4 is 39.5 Å². The molecule has 582 valence electrons. The van der Waals surface area contributed by atoms with E-state index in [4.69, 9.17) is 37.0 Å². The Hall–Kier alpha value is -1.94. The van der Waals surface area contributed by atoms with Crippen LogP contribution in [0.2, 0.25) is 0 Å². The molecule has 0 aliphatic rings. The van der Waals surface area contributed by atoms with Gasteiger partial charge >= 0.3 is 39.5 Å². The molecule has 0 aromatic carbocycles. The molecule has 0 aliphatic carbocycles. The summed E-state index contributed by atoms with van der Waals surface area (Å²) in [6, 6.07) is 0. The molecule has 0 bridgehead atoms. The van der Waals surface area contributed by atoms with Gasteiger partial charge in [0.2, 0.25) is 0 Å². The van der Waals surface area contributed by atoms with E-state index < -0.39 is 97.5 Å². The fourth-order valence-corrected chi connectivity index (χ4v) is 13.7. The van der Waals surface area contributed by atoms with E-state index in [9.17, 15) is 43.2 Å². The van der Waals surface area contributed by atoms with E-state index in [1.54, 1.807) is 0 Å². The van der Waals surface area contributed by atoms with E-state index in [-0.39, 0.29) is 25.7 Å². The maximum atomic E-state index is 13.1. The van der Waals surface area contributed by atoms with Crippen LogP contribution >= 0.6 is 15.6 Å². The van der Waals surface area contributed by atoms with Crippen molar-refractivity contribution in [2.45, 2.75) is 426 Å². The number of unbranched alkanes of at least 4 members (excludes halogenated alkanes) is 44. The highest BCUT2D eigenvalue weighted by atomic mass is 31.2. The molecule has 19 heteroatoms. The third-order valence-electron chi connectivity index (χ3n) is 18.7. The van der Waals surface area contributed by atoms with Gasteiger partial charge in [-0.25, -0.2) is 9.13 Å². The fraction of sp³-hybridized carbons (Fsp3) is 0.949. The normalized spacial score (nSPS) is 14.3. The summed E-state index contributed by atoms with van der Waals surface area (Å²) in [6.07, 6.45) is 57.0. The first-order valence-corrected chi connectivity index (χ1v) is 43.9. The van der Waals surface area contributed by atoms with Gasteiger partial charge in [-0.3, -0.25) is 37.3 Å². The number of carbonyl (C=O) groups excluding carboxylic acids is 4. The number of rotatable bonds is 77. The van der Waals surface area contributed by atoms with Crippen LogP contribution in [-0.4, -0.2) is 96.7 Å². The molecule has 0 radical (unpaired) electrons. The predicted molar refractivity (Wildman–Crippen MR) is 400 cm³/mol. The smallest absolute Gasteiger partial charge is 0.462 e. The first-order chi connectivity index (χ1) is 47.3. The summed E-state index contributed by atoms with van der Waals surface area (Å²) in [7, 11) is -9.91. The van der Waals surface area contributed by atoms with Crippen LogP contribution in [0.15, 0.2) is 0 Å². The molecule has 0 aromatic rings. The van der Waals surface area contributed by atoms with Crippen molar-refractivity contribution in [3.05, 3.63) is 0 Å². The molecule has 0 spiro atoms. The Labute approximate surface area is 600 Å². The average molecular weight is 1440 g/mol. The number of phosphoric acid groups is 2. The molecule has 0 aliphatic heterocycles. The van der Waals surface area contributed by atoms with Crippen molar-refractivity contribution in [3.8, 4) is 0 Å². The Morgan fingerprint density at radius 2 is 0.520 bits per heavy atom. The Balaban J connectivity index is 5.20. The van der Waals surface area contributed by atoms with Gasteiger partial charge in [-0.1, -0.05) is 357 Å². The second-order valence-electron chi connectivity index (χ2n) is 29.6. The summed E-state index contributed by atoms with van der Waals surface area (Å²) in [5.41, 5.74) is 0. The predicted octanol–water partition coefficient (Wildman–Crippen LogP) is 23.4. The van der Waals surface area contributed by atoms with Crippen molar-refractivity contribution in [3.63, 3.8) is 0 Å². The molecule has 0 rings (SSSR count). The van der Waals surface area contributed by atoms with E-state index in [0.29, 0.717) is 25.7 Å². The number of aliphatic hydroxyl groups is 1. The van der Waals surface area contributed by atoms with Crippen LogP contribution in [-0.2, 0) is 65.4 Å². The molecule has 3 unspecified atom stereocenters. The molecule has 6 atom stereocenters. The minimum Gasteiger partial charge on any atom is -0.462 e. The largest absolute Gasteiger partial charge is 0.472 e. The summed E-state index contributed by atoms with van der Waals surface area (Å²) >= 11 is 0. The third kappa shape index (κ3) is 71.1. The number of hydrogen-bond donors (Lipinski definition) is 3. The van der Waals surface area contributed by atoms with E-state index >= 15 is 0 Å². The van der Waals surface area contributed by atoms with Crippen LogP contribution in [0.3, 0.4) is 0 Å². The molecular weight excluding hydrogens is 1280 g/mol. The number of hydrogen-bond acceptors (Lipinski definition) is 15. The van der Waals surface area contributed by atoms with Gasteiger partial charge in [0.25, 0.3) is 0 Å². The molecule has 0 heterocycles.